The fraction of sp³-hybridized carbons (Fsp3) is 0.429. The highest BCUT2D eigenvalue weighted by molar-refractivity contribution is 5.93. The maximum Gasteiger partial charge on any atom is 0.255 e. The van der Waals surface area contributed by atoms with Crippen molar-refractivity contribution in [3.63, 3.8) is 0 Å². The number of carbonyl (C=O) groups excluding carboxylic acids is 1. The van der Waals surface area contributed by atoms with Gasteiger partial charge in [-0.3, -0.25) is 14.5 Å². The molecule has 0 bridgehead atoms. The molecule has 1 atom stereocenters. The van der Waals surface area contributed by atoms with Crippen molar-refractivity contribution in [2.75, 3.05) is 13.1 Å². The Morgan fingerprint density at radius 1 is 1.43 bits per heavy atom. The van der Waals surface area contributed by atoms with Crippen molar-refractivity contribution < 1.29 is 9.18 Å². The summed E-state index contributed by atoms with van der Waals surface area (Å²) in [5, 5.41) is 7.74. The van der Waals surface area contributed by atoms with Crippen LogP contribution in [0.1, 0.15) is 23.2 Å². The summed E-state index contributed by atoms with van der Waals surface area (Å²) in [5.41, 5.74) is 0.302. The van der Waals surface area contributed by atoms with Crippen LogP contribution in [0.5, 0.6) is 0 Å². The van der Waals surface area contributed by atoms with Crippen LogP contribution < -0.4 is 0 Å². The molecule has 1 saturated heterocycles. The fourth-order valence-corrected chi connectivity index (χ4v) is 2.70. The summed E-state index contributed by atoms with van der Waals surface area (Å²) in [6.07, 6.45) is 7.95. The Morgan fingerprint density at radius 2 is 2.33 bits per heavy atom. The van der Waals surface area contributed by atoms with Gasteiger partial charge in [0.2, 0.25) is 0 Å². The summed E-state index contributed by atoms with van der Waals surface area (Å²) in [4.78, 5) is 17.9. The lowest BCUT2D eigenvalue weighted by Gasteiger charge is -2.32. The zero-order valence-corrected chi connectivity index (χ0v) is 11.5. The summed E-state index contributed by atoms with van der Waals surface area (Å²) in [6, 6.07) is 1.23. The quantitative estimate of drug-likeness (QED) is 0.856. The van der Waals surface area contributed by atoms with E-state index >= 15 is 0 Å². The first-order valence-corrected chi connectivity index (χ1v) is 6.96. The predicted octanol–water partition coefficient (Wildman–Crippen LogP) is 1.36. The van der Waals surface area contributed by atoms with Gasteiger partial charge in [-0.1, -0.05) is 5.21 Å². The molecule has 1 aliphatic heterocycles. The van der Waals surface area contributed by atoms with Crippen LogP contribution in [0.25, 0.3) is 0 Å². The van der Waals surface area contributed by atoms with Crippen molar-refractivity contribution in [3.05, 3.63) is 42.2 Å². The normalized spacial score (nSPS) is 18.7. The number of nitrogens with zero attached hydrogens (tertiary/aromatic N) is 5. The zero-order valence-electron chi connectivity index (χ0n) is 11.5. The maximum atomic E-state index is 13.2. The summed E-state index contributed by atoms with van der Waals surface area (Å²) in [6.45, 7) is 2.09. The van der Waals surface area contributed by atoms with E-state index in [1.54, 1.807) is 15.8 Å². The van der Waals surface area contributed by atoms with Crippen molar-refractivity contribution in [1.82, 2.24) is 24.9 Å². The number of hydrogen-bond acceptors (Lipinski definition) is 4. The van der Waals surface area contributed by atoms with E-state index in [2.05, 4.69) is 15.3 Å². The molecule has 2 aromatic heterocycles. The highest BCUT2D eigenvalue weighted by atomic mass is 19.1. The molecule has 7 heteroatoms. The molecule has 0 N–H and O–H groups in total. The van der Waals surface area contributed by atoms with Crippen LogP contribution in [-0.2, 0) is 6.54 Å². The predicted molar refractivity (Wildman–Crippen MR) is 72.8 cm³/mol. The minimum Gasteiger partial charge on any atom is -0.338 e. The molecular weight excluding hydrogens is 273 g/mol. The van der Waals surface area contributed by atoms with Crippen molar-refractivity contribution in [3.8, 4) is 0 Å². The van der Waals surface area contributed by atoms with Gasteiger partial charge in [0.15, 0.2) is 0 Å². The van der Waals surface area contributed by atoms with Gasteiger partial charge in [-0.05, 0) is 24.8 Å². The summed E-state index contributed by atoms with van der Waals surface area (Å²) in [5.74, 6) is -0.312. The number of pyridine rings is 1. The standard InChI is InChI=1S/C14H16FN5O/c15-13-6-12(7-16-8-13)14(21)19-4-1-2-11(9-19)10-20-5-3-17-18-20/h3,5-8,11H,1-2,4,9-10H2. The molecular formula is C14H16FN5O. The average Bonchev–Trinajstić information content (AvgIpc) is 3.00. The molecule has 6 nitrogen and oxygen atoms in total. The molecule has 3 heterocycles. The van der Waals surface area contributed by atoms with E-state index in [0.29, 0.717) is 24.6 Å². The number of hydrogen-bond donors (Lipinski definition) is 0. The molecule has 3 rings (SSSR count). The smallest absolute Gasteiger partial charge is 0.255 e. The Morgan fingerprint density at radius 3 is 3.10 bits per heavy atom. The van der Waals surface area contributed by atoms with Gasteiger partial charge in [-0.2, -0.15) is 0 Å². The lowest BCUT2D eigenvalue weighted by atomic mass is 9.97. The molecule has 1 aliphatic rings. The molecule has 1 fully saturated rings. The molecule has 0 aliphatic carbocycles. The van der Waals surface area contributed by atoms with Crippen LogP contribution in [0, 0.1) is 11.7 Å². The van der Waals surface area contributed by atoms with Crippen LogP contribution in [-0.4, -0.2) is 43.9 Å². The number of aromatic nitrogens is 4. The van der Waals surface area contributed by atoms with Gasteiger partial charge in [0.25, 0.3) is 5.91 Å². The van der Waals surface area contributed by atoms with Gasteiger partial charge in [-0.15, -0.1) is 5.10 Å². The third-order valence-electron chi connectivity index (χ3n) is 3.68. The summed E-state index contributed by atoms with van der Waals surface area (Å²) >= 11 is 0. The van der Waals surface area contributed by atoms with Crippen LogP contribution in [0.15, 0.2) is 30.9 Å². The Balaban J connectivity index is 1.66. The minimum atomic E-state index is -0.489. The topological polar surface area (TPSA) is 63.9 Å². The van der Waals surface area contributed by atoms with Crippen molar-refractivity contribution in [2.24, 2.45) is 5.92 Å². The first-order valence-electron chi connectivity index (χ1n) is 6.96. The molecule has 2 aromatic rings. The van der Waals surface area contributed by atoms with Gasteiger partial charge in [-0.25, -0.2) is 4.39 Å². The Bertz CT molecular complexity index is 616. The second-order valence-electron chi connectivity index (χ2n) is 5.28. The number of piperidine rings is 1. The van der Waals surface area contributed by atoms with E-state index in [4.69, 9.17) is 0 Å². The fourth-order valence-electron chi connectivity index (χ4n) is 2.70. The molecule has 1 unspecified atom stereocenters. The third-order valence-corrected chi connectivity index (χ3v) is 3.68. The monoisotopic (exact) mass is 289 g/mol. The van der Waals surface area contributed by atoms with Gasteiger partial charge in [0, 0.05) is 32.0 Å². The van der Waals surface area contributed by atoms with Crippen molar-refractivity contribution >= 4 is 5.91 Å². The van der Waals surface area contributed by atoms with E-state index in [1.165, 1.54) is 12.3 Å². The first-order chi connectivity index (χ1) is 10.2. The first kappa shape index (κ1) is 13.7. The van der Waals surface area contributed by atoms with E-state index in [0.717, 1.165) is 25.6 Å². The number of rotatable bonds is 3. The Labute approximate surface area is 121 Å². The highest BCUT2D eigenvalue weighted by Crippen LogP contribution is 2.20. The van der Waals surface area contributed by atoms with Crippen LogP contribution >= 0.6 is 0 Å². The largest absolute Gasteiger partial charge is 0.338 e. The highest BCUT2D eigenvalue weighted by Gasteiger charge is 2.25. The SMILES string of the molecule is O=C(c1cncc(F)c1)N1CCCC(Cn2ccnn2)C1. The second kappa shape index (κ2) is 5.99. The zero-order chi connectivity index (χ0) is 14.7. The summed E-state index contributed by atoms with van der Waals surface area (Å²) in [7, 11) is 0. The van der Waals surface area contributed by atoms with Crippen LogP contribution in [0.2, 0.25) is 0 Å². The lowest BCUT2D eigenvalue weighted by molar-refractivity contribution is 0.0658. The van der Waals surface area contributed by atoms with E-state index in [-0.39, 0.29) is 5.91 Å². The minimum absolute atomic E-state index is 0.162. The average molecular weight is 289 g/mol. The maximum absolute atomic E-state index is 13.2. The summed E-state index contributed by atoms with van der Waals surface area (Å²) < 4.78 is 15.0. The number of likely N-dealkylation sites (tertiary alicyclic amines) is 1. The number of halogens is 1. The molecule has 0 radical (unpaired) electrons. The van der Waals surface area contributed by atoms with E-state index in [9.17, 15) is 9.18 Å². The molecule has 0 aromatic carbocycles. The Kier molecular flexibility index (Phi) is 3.89. The third kappa shape index (κ3) is 3.24. The van der Waals surface area contributed by atoms with Crippen LogP contribution in [0.3, 0.4) is 0 Å². The van der Waals surface area contributed by atoms with Crippen molar-refractivity contribution in [2.45, 2.75) is 19.4 Å². The van der Waals surface area contributed by atoms with Crippen molar-refractivity contribution in [1.29, 1.82) is 0 Å². The van der Waals surface area contributed by atoms with Gasteiger partial charge in [0.1, 0.15) is 5.82 Å². The van der Waals surface area contributed by atoms with Gasteiger partial charge >= 0.3 is 0 Å². The molecule has 1 amide bonds. The molecule has 21 heavy (non-hydrogen) atoms. The number of amides is 1. The molecule has 0 saturated carbocycles. The number of carbonyl (C=O) groups is 1. The second-order valence-corrected chi connectivity index (χ2v) is 5.28. The molecule has 110 valence electrons. The van der Waals surface area contributed by atoms with Gasteiger partial charge in [0.05, 0.1) is 18.0 Å². The van der Waals surface area contributed by atoms with Gasteiger partial charge < -0.3 is 4.90 Å². The Hall–Kier alpha value is -2.31. The van der Waals surface area contributed by atoms with E-state index < -0.39 is 5.82 Å². The van der Waals surface area contributed by atoms with E-state index in [1.807, 2.05) is 6.20 Å². The lowest BCUT2D eigenvalue weighted by Crippen LogP contribution is -2.41. The van der Waals surface area contributed by atoms with Crippen LogP contribution in [0.4, 0.5) is 4.39 Å². The molecule has 0 spiro atoms.